The van der Waals surface area contributed by atoms with E-state index in [0.717, 1.165) is 5.69 Å². The van der Waals surface area contributed by atoms with Crippen molar-refractivity contribution in [3.8, 4) is 0 Å². The molecule has 2 aromatic rings. The number of H-pyrrole nitrogens is 1. The van der Waals surface area contributed by atoms with Crippen molar-refractivity contribution < 1.29 is 0 Å². The van der Waals surface area contributed by atoms with E-state index < -0.39 is 0 Å². The summed E-state index contributed by atoms with van der Waals surface area (Å²) in [6.07, 6.45) is 0. The van der Waals surface area contributed by atoms with Gasteiger partial charge in [0.1, 0.15) is 5.82 Å². The Bertz CT molecular complexity index is 635. The molecule has 0 aliphatic rings. The average molecular weight is 303 g/mol. The molecule has 0 bridgehead atoms. The number of thioether (sulfide) groups is 1. The molecule has 1 aromatic heterocycles. The molecular weight excluding hydrogens is 282 g/mol. The van der Waals surface area contributed by atoms with Gasteiger partial charge in [-0.1, -0.05) is 31.5 Å². The fourth-order valence-electron chi connectivity index (χ4n) is 1.82. The van der Waals surface area contributed by atoms with Crippen molar-refractivity contribution in [2.45, 2.75) is 44.0 Å². The summed E-state index contributed by atoms with van der Waals surface area (Å²) in [4.78, 5) is 20.2. The Kier molecular flexibility index (Phi) is 5.59. The van der Waals surface area contributed by atoms with Gasteiger partial charge in [0, 0.05) is 23.5 Å². The normalized spacial score (nSPS) is 11.0. The molecule has 1 heterocycles. The third kappa shape index (κ3) is 5.36. The highest BCUT2D eigenvalue weighted by atomic mass is 32.2. The molecule has 0 unspecified atom stereocenters. The zero-order valence-corrected chi connectivity index (χ0v) is 13.5. The summed E-state index contributed by atoms with van der Waals surface area (Å²) >= 11 is 1.67. The van der Waals surface area contributed by atoms with Gasteiger partial charge < -0.3 is 10.3 Å². The van der Waals surface area contributed by atoms with Crippen LogP contribution in [0.2, 0.25) is 0 Å². The second kappa shape index (κ2) is 7.43. The number of hydrogen-bond donors (Lipinski definition) is 2. The van der Waals surface area contributed by atoms with E-state index in [2.05, 4.69) is 60.3 Å². The van der Waals surface area contributed by atoms with E-state index >= 15 is 0 Å². The minimum Gasteiger partial charge on any atom is -0.310 e. The van der Waals surface area contributed by atoms with Crippen LogP contribution in [0.3, 0.4) is 0 Å². The van der Waals surface area contributed by atoms with E-state index in [-0.39, 0.29) is 5.56 Å². The molecule has 0 radical (unpaired) electrons. The van der Waals surface area contributed by atoms with Crippen molar-refractivity contribution >= 4 is 11.8 Å². The molecule has 0 saturated heterocycles. The SMILES string of the molecule is Cc1ccc(SCc2nc(CNC(C)C)cc(=O)[nH]2)cc1. The lowest BCUT2D eigenvalue weighted by Gasteiger charge is -2.08. The van der Waals surface area contributed by atoms with Gasteiger partial charge in [-0.25, -0.2) is 4.98 Å². The third-order valence-corrected chi connectivity index (χ3v) is 3.96. The molecule has 0 atom stereocenters. The Morgan fingerprint density at radius 2 is 2.00 bits per heavy atom. The number of aromatic nitrogens is 2. The van der Waals surface area contributed by atoms with Gasteiger partial charge in [-0.05, 0) is 19.1 Å². The Labute approximate surface area is 129 Å². The Hall–Kier alpha value is -1.59. The molecule has 0 aliphatic heterocycles. The molecule has 0 saturated carbocycles. The van der Waals surface area contributed by atoms with E-state index in [0.29, 0.717) is 24.2 Å². The van der Waals surface area contributed by atoms with Gasteiger partial charge in [0.15, 0.2) is 0 Å². The molecule has 112 valence electrons. The molecular formula is C16H21N3OS. The van der Waals surface area contributed by atoms with Crippen LogP contribution in [-0.4, -0.2) is 16.0 Å². The van der Waals surface area contributed by atoms with Crippen LogP contribution in [0, 0.1) is 6.92 Å². The highest BCUT2D eigenvalue weighted by molar-refractivity contribution is 7.98. The zero-order chi connectivity index (χ0) is 15.2. The van der Waals surface area contributed by atoms with E-state index in [4.69, 9.17) is 0 Å². The molecule has 5 heteroatoms. The predicted molar refractivity (Wildman–Crippen MR) is 87.6 cm³/mol. The summed E-state index contributed by atoms with van der Waals surface area (Å²) in [5.41, 5.74) is 1.93. The van der Waals surface area contributed by atoms with E-state index in [1.165, 1.54) is 10.5 Å². The second-order valence-corrected chi connectivity index (χ2v) is 6.37. The lowest BCUT2D eigenvalue weighted by Crippen LogP contribution is -2.24. The number of nitrogens with one attached hydrogen (secondary N) is 2. The van der Waals surface area contributed by atoms with Gasteiger partial charge in [-0.3, -0.25) is 4.79 Å². The average Bonchev–Trinajstić information content (AvgIpc) is 2.44. The number of benzene rings is 1. The third-order valence-electron chi connectivity index (χ3n) is 2.93. The van der Waals surface area contributed by atoms with Crippen LogP contribution in [0.4, 0.5) is 0 Å². The lowest BCUT2D eigenvalue weighted by atomic mass is 10.2. The van der Waals surface area contributed by atoms with Crippen molar-refractivity contribution in [3.63, 3.8) is 0 Å². The first-order chi connectivity index (χ1) is 10.0. The molecule has 0 fully saturated rings. The maximum absolute atomic E-state index is 11.7. The zero-order valence-electron chi connectivity index (χ0n) is 12.6. The fourth-order valence-corrected chi connectivity index (χ4v) is 2.59. The van der Waals surface area contributed by atoms with E-state index in [1.54, 1.807) is 17.8 Å². The Balaban J connectivity index is 2.02. The van der Waals surface area contributed by atoms with Crippen molar-refractivity contribution in [1.29, 1.82) is 0 Å². The summed E-state index contributed by atoms with van der Waals surface area (Å²) < 4.78 is 0. The highest BCUT2D eigenvalue weighted by Gasteiger charge is 2.03. The fraction of sp³-hybridized carbons (Fsp3) is 0.375. The molecule has 1 aromatic carbocycles. The quantitative estimate of drug-likeness (QED) is 0.806. The minimum absolute atomic E-state index is 0.0925. The first-order valence-electron chi connectivity index (χ1n) is 7.05. The van der Waals surface area contributed by atoms with Crippen LogP contribution in [0.15, 0.2) is 40.0 Å². The van der Waals surface area contributed by atoms with Crippen LogP contribution >= 0.6 is 11.8 Å². The van der Waals surface area contributed by atoms with Gasteiger partial charge >= 0.3 is 0 Å². The topological polar surface area (TPSA) is 57.8 Å². The molecule has 0 spiro atoms. The molecule has 0 amide bonds. The smallest absolute Gasteiger partial charge is 0.251 e. The van der Waals surface area contributed by atoms with E-state index in [9.17, 15) is 4.79 Å². The maximum Gasteiger partial charge on any atom is 0.251 e. The summed E-state index contributed by atoms with van der Waals surface area (Å²) in [5.74, 6) is 1.38. The van der Waals surface area contributed by atoms with E-state index in [1.807, 2.05) is 0 Å². The predicted octanol–water partition coefficient (Wildman–Crippen LogP) is 2.87. The number of nitrogens with zero attached hydrogens (tertiary/aromatic N) is 1. The second-order valence-electron chi connectivity index (χ2n) is 5.32. The maximum atomic E-state index is 11.7. The highest BCUT2D eigenvalue weighted by Crippen LogP contribution is 2.21. The molecule has 0 aliphatic carbocycles. The van der Waals surface area contributed by atoms with Crippen molar-refractivity contribution in [2.75, 3.05) is 0 Å². The van der Waals surface area contributed by atoms with Gasteiger partial charge in [0.05, 0.1) is 11.4 Å². The lowest BCUT2D eigenvalue weighted by molar-refractivity contribution is 0.579. The summed E-state index contributed by atoms with van der Waals surface area (Å²) in [6, 6.07) is 10.3. The van der Waals surface area contributed by atoms with Gasteiger partial charge in [0.25, 0.3) is 5.56 Å². The Morgan fingerprint density at radius 3 is 2.67 bits per heavy atom. The number of hydrogen-bond acceptors (Lipinski definition) is 4. The first-order valence-corrected chi connectivity index (χ1v) is 8.03. The van der Waals surface area contributed by atoms with Crippen molar-refractivity contribution in [3.05, 3.63) is 57.8 Å². The molecule has 4 nitrogen and oxygen atoms in total. The van der Waals surface area contributed by atoms with Crippen molar-refractivity contribution in [2.24, 2.45) is 0 Å². The molecule has 2 rings (SSSR count). The monoisotopic (exact) mass is 303 g/mol. The number of rotatable bonds is 6. The van der Waals surface area contributed by atoms with Crippen LogP contribution < -0.4 is 10.9 Å². The van der Waals surface area contributed by atoms with Crippen LogP contribution in [0.25, 0.3) is 0 Å². The molecule has 21 heavy (non-hydrogen) atoms. The summed E-state index contributed by atoms with van der Waals surface area (Å²) in [6.45, 7) is 6.82. The van der Waals surface area contributed by atoms with Crippen molar-refractivity contribution in [1.82, 2.24) is 15.3 Å². The number of aromatic amines is 1. The minimum atomic E-state index is -0.0925. The van der Waals surface area contributed by atoms with Gasteiger partial charge in [-0.2, -0.15) is 0 Å². The Morgan fingerprint density at radius 1 is 1.29 bits per heavy atom. The molecule has 2 N–H and O–H groups in total. The van der Waals surface area contributed by atoms with Crippen LogP contribution in [-0.2, 0) is 12.3 Å². The van der Waals surface area contributed by atoms with Crippen LogP contribution in [0.1, 0.15) is 30.9 Å². The number of aryl methyl sites for hydroxylation is 1. The van der Waals surface area contributed by atoms with Gasteiger partial charge in [-0.15, -0.1) is 11.8 Å². The standard InChI is InChI=1S/C16H21N3OS/c1-11(2)17-9-13-8-16(20)19-15(18-13)10-21-14-6-4-12(3)5-7-14/h4-8,11,17H,9-10H2,1-3H3,(H,18,19,20). The summed E-state index contributed by atoms with van der Waals surface area (Å²) in [5, 5.41) is 3.27. The first kappa shape index (κ1) is 15.8. The van der Waals surface area contributed by atoms with Crippen LogP contribution in [0.5, 0.6) is 0 Å². The largest absolute Gasteiger partial charge is 0.310 e. The van der Waals surface area contributed by atoms with Gasteiger partial charge in [0.2, 0.25) is 0 Å². The summed E-state index contributed by atoms with van der Waals surface area (Å²) in [7, 11) is 0.